The zero-order valence-electron chi connectivity index (χ0n) is 16.0. The average molecular weight is 407 g/mol. The van der Waals surface area contributed by atoms with Gasteiger partial charge in [-0.05, 0) is 23.1 Å². The van der Waals surface area contributed by atoms with Gasteiger partial charge in [-0.3, -0.25) is 4.79 Å². The van der Waals surface area contributed by atoms with E-state index in [1.165, 1.54) is 11.3 Å². The van der Waals surface area contributed by atoms with Gasteiger partial charge < -0.3 is 4.90 Å². The Bertz CT molecular complexity index is 1200. The van der Waals surface area contributed by atoms with Gasteiger partial charge in [0.15, 0.2) is 11.2 Å². The number of hydrogen-bond donors (Lipinski definition) is 0. The minimum Gasteiger partial charge on any atom is -0.351 e. The van der Waals surface area contributed by atoms with Crippen LogP contribution >= 0.6 is 11.3 Å². The normalized spacial score (nSPS) is 23.1. The average Bonchev–Trinajstić information content (AvgIpc) is 3.43. The number of para-hydroxylation sites is 1. The summed E-state index contributed by atoms with van der Waals surface area (Å²) in [6, 6.07) is 24.3. The number of benzene rings is 2. The highest BCUT2D eigenvalue weighted by atomic mass is 32.1. The van der Waals surface area contributed by atoms with Gasteiger partial charge in [0.05, 0.1) is 24.1 Å². The van der Waals surface area contributed by atoms with Crippen molar-refractivity contribution in [3.05, 3.63) is 94.2 Å². The largest absolute Gasteiger partial charge is 0.351 e. The zero-order valence-corrected chi connectivity index (χ0v) is 16.8. The molecule has 0 unspecified atom stereocenters. The van der Waals surface area contributed by atoms with Crippen molar-refractivity contribution >= 4 is 28.9 Å². The molecule has 144 valence electrons. The Balaban J connectivity index is 1.78. The van der Waals surface area contributed by atoms with E-state index in [9.17, 15) is 15.3 Å². The highest BCUT2D eigenvalue weighted by molar-refractivity contribution is 7.10. The molecule has 2 aliphatic rings. The molecule has 5 heteroatoms. The third-order valence-corrected chi connectivity index (χ3v) is 7.05. The second kappa shape index (κ2) is 6.99. The van der Waals surface area contributed by atoms with Gasteiger partial charge >= 0.3 is 0 Å². The smallest absolute Gasteiger partial charge is 0.185 e. The van der Waals surface area contributed by atoms with E-state index in [0.29, 0.717) is 5.56 Å². The summed E-state index contributed by atoms with van der Waals surface area (Å²) in [6.45, 7) is 0. The van der Waals surface area contributed by atoms with E-state index < -0.39 is 23.4 Å². The molecule has 1 fully saturated rings. The van der Waals surface area contributed by atoms with Crippen molar-refractivity contribution in [2.45, 2.75) is 18.0 Å². The molecule has 1 saturated heterocycles. The maximum Gasteiger partial charge on any atom is 0.185 e. The fourth-order valence-electron chi connectivity index (χ4n) is 4.78. The molecule has 30 heavy (non-hydrogen) atoms. The van der Waals surface area contributed by atoms with Crippen LogP contribution in [0.5, 0.6) is 0 Å². The zero-order chi connectivity index (χ0) is 20.7. The molecule has 3 atom stereocenters. The van der Waals surface area contributed by atoms with Gasteiger partial charge in [-0.2, -0.15) is 10.5 Å². The van der Waals surface area contributed by atoms with Crippen molar-refractivity contribution in [1.29, 1.82) is 10.5 Å². The van der Waals surface area contributed by atoms with Gasteiger partial charge in [-0.25, -0.2) is 0 Å². The second-order valence-electron chi connectivity index (χ2n) is 7.53. The number of carbonyl (C=O) groups excluding carboxylic acids is 1. The lowest BCUT2D eigenvalue weighted by Gasteiger charge is -2.35. The van der Waals surface area contributed by atoms with E-state index in [0.717, 1.165) is 16.1 Å². The van der Waals surface area contributed by atoms with E-state index in [1.807, 2.05) is 77.0 Å². The van der Waals surface area contributed by atoms with Crippen molar-refractivity contribution in [2.24, 2.45) is 5.41 Å². The number of ketones is 1. The highest BCUT2D eigenvalue weighted by Gasteiger charge is 2.63. The van der Waals surface area contributed by atoms with E-state index in [-0.39, 0.29) is 5.78 Å². The summed E-state index contributed by atoms with van der Waals surface area (Å²) >= 11 is 1.49. The number of Topliss-reactive ketones (excluding diaryl/α,β-unsaturated/α-hetero) is 1. The third kappa shape index (κ3) is 2.46. The number of nitriles is 2. The molecule has 3 aromatic rings. The number of anilines is 1. The number of thiophene rings is 1. The molecule has 2 aliphatic heterocycles. The van der Waals surface area contributed by atoms with Crippen molar-refractivity contribution in [3.63, 3.8) is 0 Å². The third-order valence-electron chi connectivity index (χ3n) is 6.09. The Morgan fingerprint density at radius 2 is 1.70 bits per heavy atom. The molecule has 0 spiro atoms. The Labute approximate surface area is 178 Å². The van der Waals surface area contributed by atoms with Gasteiger partial charge in [0.2, 0.25) is 0 Å². The minimum absolute atomic E-state index is 0.0727. The summed E-state index contributed by atoms with van der Waals surface area (Å²) in [5.74, 6) is -0.627. The Kier molecular flexibility index (Phi) is 4.28. The Morgan fingerprint density at radius 3 is 2.40 bits per heavy atom. The van der Waals surface area contributed by atoms with Crippen LogP contribution in [0.15, 0.2) is 78.2 Å². The lowest BCUT2D eigenvalue weighted by atomic mass is 9.71. The summed E-state index contributed by atoms with van der Waals surface area (Å²) in [5.41, 5.74) is 1.08. The molecule has 3 heterocycles. The fraction of sp³-hybridized carbons (Fsp3) is 0.160. The van der Waals surface area contributed by atoms with Crippen LogP contribution in [0.2, 0.25) is 0 Å². The number of hydrogen-bond acceptors (Lipinski definition) is 5. The van der Waals surface area contributed by atoms with Crippen molar-refractivity contribution < 1.29 is 4.79 Å². The van der Waals surface area contributed by atoms with Crippen molar-refractivity contribution in [3.8, 4) is 12.1 Å². The molecule has 0 aliphatic carbocycles. The standard InChI is InChI=1S/C25H17N3OS/c26-15-25(16-27)21-13-12-17-7-4-5-10-19(17)28(21)23(22(25)20-11-6-14-30-20)24(29)18-8-2-1-3-9-18/h1-14,21-23H/t21-,22-,23-/m1/s1. The fourth-order valence-corrected chi connectivity index (χ4v) is 5.72. The first kappa shape index (κ1) is 18.4. The molecule has 0 saturated carbocycles. The SMILES string of the molecule is N#CC1(C#N)[C@H](c2cccs2)[C@H](C(=O)c2ccccc2)N2c3ccccc3C=C[C@@H]21. The first-order chi connectivity index (χ1) is 14.7. The lowest BCUT2D eigenvalue weighted by molar-refractivity contribution is 0.0951. The van der Waals surface area contributed by atoms with Crippen LogP contribution in [0.1, 0.15) is 26.7 Å². The van der Waals surface area contributed by atoms with Gasteiger partial charge in [0.1, 0.15) is 6.04 Å². The van der Waals surface area contributed by atoms with E-state index in [1.54, 1.807) is 12.1 Å². The number of carbonyl (C=O) groups is 1. The lowest BCUT2D eigenvalue weighted by Crippen LogP contribution is -2.44. The Hall–Kier alpha value is -3.67. The van der Waals surface area contributed by atoms with Crippen LogP contribution < -0.4 is 4.90 Å². The van der Waals surface area contributed by atoms with Crippen LogP contribution in [0.4, 0.5) is 5.69 Å². The van der Waals surface area contributed by atoms with Crippen LogP contribution in [0.25, 0.3) is 6.08 Å². The van der Waals surface area contributed by atoms with Crippen molar-refractivity contribution in [2.75, 3.05) is 4.90 Å². The Morgan fingerprint density at radius 1 is 0.967 bits per heavy atom. The maximum atomic E-state index is 13.9. The molecule has 0 radical (unpaired) electrons. The quantitative estimate of drug-likeness (QED) is 0.571. The minimum atomic E-state index is -1.37. The first-order valence-corrected chi connectivity index (χ1v) is 10.6. The summed E-state index contributed by atoms with van der Waals surface area (Å²) in [7, 11) is 0. The van der Waals surface area contributed by atoms with Crippen LogP contribution in [-0.4, -0.2) is 17.9 Å². The molecule has 4 nitrogen and oxygen atoms in total. The predicted molar refractivity (Wildman–Crippen MR) is 117 cm³/mol. The topological polar surface area (TPSA) is 67.9 Å². The van der Waals surface area contributed by atoms with Gasteiger partial charge in [-0.15, -0.1) is 11.3 Å². The molecule has 1 aromatic heterocycles. The van der Waals surface area contributed by atoms with Crippen molar-refractivity contribution in [1.82, 2.24) is 0 Å². The number of nitrogens with zero attached hydrogens (tertiary/aromatic N) is 3. The number of fused-ring (bicyclic) bond motifs is 3. The predicted octanol–water partition coefficient (Wildman–Crippen LogP) is 5.03. The monoisotopic (exact) mass is 407 g/mol. The molecular weight excluding hydrogens is 390 g/mol. The van der Waals surface area contributed by atoms with Gasteiger partial charge in [0.25, 0.3) is 0 Å². The van der Waals surface area contributed by atoms with Crippen LogP contribution in [0, 0.1) is 28.1 Å². The molecule has 5 rings (SSSR count). The van der Waals surface area contributed by atoms with E-state index in [4.69, 9.17) is 0 Å². The summed E-state index contributed by atoms with van der Waals surface area (Å²) in [5, 5.41) is 22.5. The first-order valence-electron chi connectivity index (χ1n) is 9.72. The van der Waals surface area contributed by atoms with Gasteiger partial charge in [-0.1, -0.05) is 66.7 Å². The molecule has 0 bridgehead atoms. The second-order valence-corrected chi connectivity index (χ2v) is 8.51. The number of rotatable bonds is 3. The molecule has 2 aromatic carbocycles. The van der Waals surface area contributed by atoms with E-state index in [2.05, 4.69) is 12.1 Å². The van der Waals surface area contributed by atoms with Crippen LogP contribution in [0.3, 0.4) is 0 Å². The summed E-state index contributed by atoms with van der Waals surface area (Å²) in [6.07, 6.45) is 3.87. The summed E-state index contributed by atoms with van der Waals surface area (Å²) in [4.78, 5) is 16.7. The van der Waals surface area contributed by atoms with Gasteiger partial charge in [0, 0.05) is 16.1 Å². The maximum absolute atomic E-state index is 13.9. The highest BCUT2D eigenvalue weighted by Crippen LogP contribution is 2.56. The van der Waals surface area contributed by atoms with E-state index >= 15 is 0 Å². The molecule has 0 N–H and O–H groups in total. The molecule has 0 amide bonds. The van der Waals surface area contributed by atoms with Crippen LogP contribution in [-0.2, 0) is 0 Å². The molecular formula is C25H17N3OS. The summed E-state index contributed by atoms with van der Waals surface area (Å²) < 4.78 is 0.